The highest BCUT2D eigenvalue weighted by Crippen LogP contribution is 2.28. The van der Waals surface area contributed by atoms with Crippen molar-refractivity contribution in [2.75, 3.05) is 0 Å². The topological polar surface area (TPSA) is 54.4 Å². The van der Waals surface area contributed by atoms with Gasteiger partial charge in [-0.25, -0.2) is 0 Å². The van der Waals surface area contributed by atoms with Crippen molar-refractivity contribution in [1.82, 2.24) is 0 Å². The Balaban J connectivity index is 2.70. The summed E-state index contributed by atoms with van der Waals surface area (Å²) in [5.41, 5.74) is 1.40. The highest BCUT2D eigenvalue weighted by Gasteiger charge is 2.30. The molecule has 0 saturated heterocycles. The van der Waals surface area contributed by atoms with Crippen LogP contribution in [0.25, 0.3) is 0 Å². The van der Waals surface area contributed by atoms with Gasteiger partial charge < -0.3 is 5.11 Å². The van der Waals surface area contributed by atoms with Gasteiger partial charge in [0.05, 0.1) is 0 Å². The first-order chi connectivity index (χ1) is 8.32. The van der Waals surface area contributed by atoms with E-state index < -0.39 is 12.0 Å². The van der Waals surface area contributed by atoms with E-state index in [-0.39, 0.29) is 17.5 Å². The lowest BCUT2D eigenvalue weighted by Crippen LogP contribution is -2.31. The van der Waals surface area contributed by atoms with Gasteiger partial charge >= 0.3 is 0 Å². The van der Waals surface area contributed by atoms with Crippen LogP contribution in [0, 0.1) is 11.8 Å². The average molecular weight is 250 g/mol. The Morgan fingerprint density at radius 2 is 2.17 bits per heavy atom. The van der Waals surface area contributed by atoms with E-state index >= 15 is 0 Å². The number of rotatable bonds is 5. The predicted molar refractivity (Wildman–Crippen MR) is 71.1 cm³/mol. The maximum atomic E-state index is 11.8. The zero-order valence-corrected chi connectivity index (χ0v) is 11.4. The molecule has 3 heteroatoms. The Kier molecular flexibility index (Phi) is 5.03. The normalized spacial score (nSPS) is 21.7. The molecule has 0 amide bonds. The molecule has 1 aliphatic rings. The van der Waals surface area contributed by atoms with Crippen LogP contribution >= 0.6 is 0 Å². The number of carbonyl (C=O) groups is 2. The van der Waals surface area contributed by atoms with E-state index in [1.165, 1.54) is 0 Å². The van der Waals surface area contributed by atoms with Gasteiger partial charge in [0, 0.05) is 12.3 Å². The fraction of sp³-hybridized carbons (Fsp3) is 0.600. The van der Waals surface area contributed by atoms with Crippen molar-refractivity contribution >= 4 is 11.6 Å². The molecule has 0 aromatic heterocycles. The highest BCUT2D eigenvalue weighted by atomic mass is 16.3. The maximum absolute atomic E-state index is 11.8. The quantitative estimate of drug-likeness (QED) is 0.762. The predicted octanol–water partition coefficient (Wildman–Crippen LogP) is 2.44. The molecule has 0 saturated carbocycles. The van der Waals surface area contributed by atoms with Crippen LogP contribution in [0.1, 0.15) is 40.0 Å². The van der Waals surface area contributed by atoms with E-state index in [0.29, 0.717) is 18.4 Å². The molecule has 0 heterocycles. The summed E-state index contributed by atoms with van der Waals surface area (Å²) in [6.07, 6.45) is 2.18. The first-order valence-electron chi connectivity index (χ1n) is 6.43. The molecule has 3 nitrogen and oxygen atoms in total. The van der Waals surface area contributed by atoms with Crippen molar-refractivity contribution in [1.29, 1.82) is 0 Å². The number of ketones is 2. The average Bonchev–Trinajstić information content (AvgIpc) is 2.26. The van der Waals surface area contributed by atoms with Crippen LogP contribution in [0.4, 0.5) is 0 Å². The number of hydrogen-bond acceptors (Lipinski definition) is 3. The molecule has 1 N–H and O–H groups in total. The lowest BCUT2D eigenvalue weighted by Gasteiger charge is -2.24. The zero-order chi connectivity index (χ0) is 13.9. The van der Waals surface area contributed by atoms with Crippen molar-refractivity contribution in [3.05, 3.63) is 23.8 Å². The van der Waals surface area contributed by atoms with E-state index in [0.717, 1.165) is 12.0 Å². The molecule has 0 spiro atoms. The fourth-order valence-electron chi connectivity index (χ4n) is 2.21. The lowest BCUT2D eigenvalue weighted by atomic mass is 9.81. The van der Waals surface area contributed by atoms with Crippen molar-refractivity contribution in [3.8, 4) is 0 Å². The monoisotopic (exact) mass is 250 g/mol. The summed E-state index contributed by atoms with van der Waals surface area (Å²) in [4.78, 5) is 23.6. The van der Waals surface area contributed by atoms with E-state index in [9.17, 15) is 14.7 Å². The smallest absolute Gasteiger partial charge is 0.165 e. The van der Waals surface area contributed by atoms with Gasteiger partial charge in [0.2, 0.25) is 0 Å². The van der Waals surface area contributed by atoms with Crippen LogP contribution < -0.4 is 0 Å². The zero-order valence-electron chi connectivity index (χ0n) is 11.4. The Bertz CT molecular complexity index is 391. The molecule has 100 valence electrons. The number of hydrogen-bond donors (Lipinski definition) is 1. The van der Waals surface area contributed by atoms with Gasteiger partial charge in [-0.1, -0.05) is 26.0 Å². The molecule has 0 radical (unpaired) electrons. The molecule has 1 aliphatic carbocycles. The maximum Gasteiger partial charge on any atom is 0.165 e. The van der Waals surface area contributed by atoms with Gasteiger partial charge in [0.1, 0.15) is 6.10 Å². The van der Waals surface area contributed by atoms with Crippen molar-refractivity contribution in [3.63, 3.8) is 0 Å². The molecular formula is C15H22O3. The van der Waals surface area contributed by atoms with Crippen LogP contribution in [0.3, 0.4) is 0 Å². The van der Waals surface area contributed by atoms with Gasteiger partial charge in [-0.15, -0.1) is 0 Å². The Morgan fingerprint density at radius 1 is 1.56 bits per heavy atom. The van der Waals surface area contributed by atoms with Gasteiger partial charge in [-0.3, -0.25) is 9.59 Å². The molecule has 1 rings (SSSR count). The Labute approximate surface area is 109 Å². The molecule has 2 atom stereocenters. The summed E-state index contributed by atoms with van der Waals surface area (Å²) in [6.45, 7) is 9.52. The van der Waals surface area contributed by atoms with Gasteiger partial charge in [-0.05, 0) is 37.3 Å². The second-order valence-corrected chi connectivity index (χ2v) is 5.53. The summed E-state index contributed by atoms with van der Waals surface area (Å²) in [5.74, 6) is -0.488. The number of allylic oxidation sites excluding steroid dienone is 2. The lowest BCUT2D eigenvalue weighted by molar-refractivity contribution is -0.126. The second kappa shape index (κ2) is 6.10. The van der Waals surface area contributed by atoms with Crippen molar-refractivity contribution in [2.24, 2.45) is 11.8 Å². The van der Waals surface area contributed by atoms with Gasteiger partial charge in [-0.2, -0.15) is 0 Å². The number of aliphatic hydroxyl groups excluding tert-OH is 1. The van der Waals surface area contributed by atoms with Crippen LogP contribution in [0.2, 0.25) is 0 Å². The highest BCUT2D eigenvalue weighted by molar-refractivity contribution is 5.97. The summed E-state index contributed by atoms with van der Waals surface area (Å²) in [6, 6.07) is 0. The summed E-state index contributed by atoms with van der Waals surface area (Å²) < 4.78 is 0. The second-order valence-electron chi connectivity index (χ2n) is 5.53. The minimum absolute atomic E-state index is 0.0415. The Hall–Kier alpha value is -1.22. The minimum atomic E-state index is -1.20. The van der Waals surface area contributed by atoms with E-state index in [4.69, 9.17) is 0 Å². The summed E-state index contributed by atoms with van der Waals surface area (Å²) in [5, 5.41) is 9.95. The molecule has 0 aliphatic heterocycles. The molecular weight excluding hydrogens is 228 g/mol. The van der Waals surface area contributed by atoms with E-state index in [1.54, 1.807) is 6.08 Å². The minimum Gasteiger partial charge on any atom is -0.381 e. The van der Waals surface area contributed by atoms with Crippen LogP contribution in [-0.2, 0) is 9.59 Å². The molecule has 0 aromatic rings. The summed E-state index contributed by atoms with van der Waals surface area (Å²) in [7, 11) is 0. The van der Waals surface area contributed by atoms with E-state index in [2.05, 4.69) is 6.58 Å². The van der Waals surface area contributed by atoms with Crippen molar-refractivity contribution in [2.45, 2.75) is 46.1 Å². The molecule has 0 bridgehead atoms. The first kappa shape index (κ1) is 14.8. The first-order valence-corrected chi connectivity index (χ1v) is 6.43. The fourth-order valence-corrected chi connectivity index (χ4v) is 2.21. The third-order valence-electron chi connectivity index (χ3n) is 3.27. The third kappa shape index (κ3) is 3.64. The summed E-state index contributed by atoms with van der Waals surface area (Å²) >= 11 is 0. The van der Waals surface area contributed by atoms with Crippen LogP contribution in [0.15, 0.2) is 23.8 Å². The third-order valence-corrected chi connectivity index (χ3v) is 3.27. The number of carbonyl (C=O) groups excluding carboxylic acids is 2. The molecule has 0 aromatic carbocycles. The van der Waals surface area contributed by atoms with Gasteiger partial charge in [0.25, 0.3) is 0 Å². The number of Topliss-reactive ketones (excluding diaryl/α,β-unsaturated/α-hetero) is 1. The molecule has 0 fully saturated rings. The SMILES string of the molecule is C=C([C@@H](O)C(=O)CC(C)C)[C@H]1CCC(C)=CC1=O. The van der Waals surface area contributed by atoms with Crippen LogP contribution in [-0.4, -0.2) is 22.8 Å². The van der Waals surface area contributed by atoms with Gasteiger partial charge in [0.15, 0.2) is 11.6 Å². The van der Waals surface area contributed by atoms with E-state index in [1.807, 2.05) is 20.8 Å². The van der Waals surface area contributed by atoms with Crippen molar-refractivity contribution < 1.29 is 14.7 Å². The molecule has 0 unspecified atom stereocenters. The van der Waals surface area contributed by atoms with Crippen LogP contribution in [0.5, 0.6) is 0 Å². The molecule has 18 heavy (non-hydrogen) atoms. The number of aliphatic hydroxyl groups is 1. The Morgan fingerprint density at radius 3 is 2.67 bits per heavy atom. The standard InChI is InChI=1S/C15H22O3/c1-9(2)7-14(17)15(18)11(4)12-6-5-10(3)8-13(12)16/h8-9,12,15,18H,4-7H2,1-3H3/t12-,15-/m1/s1. The largest absolute Gasteiger partial charge is 0.381 e.